The van der Waals surface area contributed by atoms with Crippen LogP contribution in [0.3, 0.4) is 0 Å². The molecule has 0 saturated heterocycles. The van der Waals surface area contributed by atoms with Crippen molar-refractivity contribution in [2.75, 3.05) is 6.61 Å². The smallest absolute Gasteiger partial charge is 0.387 e. The number of hydrogen-bond donors (Lipinski definition) is 0. The van der Waals surface area contributed by atoms with E-state index in [4.69, 9.17) is 4.74 Å². The van der Waals surface area contributed by atoms with Gasteiger partial charge in [0.05, 0.1) is 6.61 Å². The number of ether oxygens (including phenoxy) is 2. The monoisotopic (exact) mass is 336 g/mol. The molecule has 0 N–H and O–H groups in total. The van der Waals surface area contributed by atoms with Gasteiger partial charge in [0.1, 0.15) is 11.5 Å². The molecule has 0 heterocycles. The Morgan fingerprint density at radius 1 is 0.696 bits per heavy atom. The van der Waals surface area contributed by atoms with Crippen LogP contribution in [0.15, 0.2) is 24.3 Å². The van der Waals surface area contributed by atoms with Gasteiger partial charge in [-0.25, -0.2) is 8.78 Å². The van der Waals surface area contributed by atoms with Crippen molar-refractivity contribution in [1.29, 1.82) is 0 Å². The van der Waals surface area contributed by atoms with Crippen LogP contribution in [0.2, 0.25) is 0 Å². The minimum absolute atomic E-state index is 0.00891. The lowest BCUT2D eigenvalue weighted by molar-refractivity contribution is -0.0498. The van der Waals surface area contributed by atoms with Crippen molar-refractivity contribution in [3.05, 3.63) is 24.3 Å². The van der Waals surface area contributed by atoms with Gasteiger partial charge in [-0.3, -0.25) is 0 Å². The molecule has 0 atom stereocenters. The fraction of sp³-hybridized carbons (Fsp3) is 0.647. The van der Waals surface area contributed by atoms with Crippen molar-refractivity contribution in [2.45, 2.75) is 64.4 Å². The highest BCUT2D eigenvalue weighted by atomic mass is 19.3. The minimum atomic E-state index is -2.82. The molecule has 132 valence electrons. The van der Waals surface area contributed by atoms with E-state index in [0.29, 0.717) is 18.8 Å². The summed E-state index contributed by atoms with van der Waals surface area (Å²) in [5.41, 5.74) is 0. The van der Waals surface area contributed by atoms with E-state index in [1.54, 1.807) is 12.1 Å². The van der Waals surface area contributed by atoms with Crippen molar-refractivity contribution in [3.63, 3.8) is 0 Å². The summed E-state index contributed by atoms with van der Waals surface area (Å²) >= 11 is 0. The lowest BCUT2D eigenvalue weighted by Gasteiger charge is -2.08. The normalized spacial score (nSPS) is 11.2. The highest BCUT2D eigenvalue weighted by Crippen LogP contribution is 2.19. The van der Waals surface area contributed by atoms with Crippen molar-refractivity contribution in [2.24, 2.45) is 0 Å². The number of halogens is 4. The lowest BCUT2D eigenvalue weighted by Crippen LogP contribution is -2.02. The van der Waals surface area contributed by atoms with Crippen molar-refractivity contribution < 1.29 is 27.0 Å². The maximum Gasteiger partial charge on any atom is 0.387 e. The molecule has 0 unspecified atom stereocenters. The fourth-order valence-electron chi connectivity index (χ4n) is 2.19. The van der Waals surface area contributed by atoms with Gasteiger partial charge in [0.25, 0.3) is 0 Å². The van der Waals surface area contributed by atoms with Gasteiger partial charge >= 0.3 is 6.61 Å². The maximum atomic E-state index is 12.0. The lowest BCUT2D eigenvalue weighted by atomic mass is 10.1. The third-order valence-corrected chi connectivity index (χ3v) is 3.38. The van der Waals surface area contributed by atoms with Crippen LogP contribution in [0.5, 0.6) is 11.5 Å². The summed E-state index contributed by atoms with van der Waals surface area (Å²) in [7, 11) is 0. The molecule has 0 aliphatic rings. The van der Waals surface area contributed by atoms with Crippen LogP contribution in [0, 0.1) is 0 Å². The Morgan fingerprint density at radius 2 is 1.22 bits per heavy atom. The largest absolute Gasteiger partial charge is 0.494 e. The van der Waals surface area contributed by atoms with E-state index < -0.39 is 13.0 Å². The third kappa shape index (κ3) is 10.8. The van der Waals surface area contributed by atoms with Crippen molar-refractivity contribution in [3.8, 4) is 11.5 Å². The van der Waals surface area contributed by atoms with E-state index in [1.807, 2.05) is 0 Å². The van der Waals surface area contributed by atoms with E-state index in [9.17, 15) is 17.6 Å². The van der Waals surface area contributed by atoms with E-state index >= 15 is 0 Å². The average Bonchev–Trinajstić information content (AvgIpc) is 2.50. The Kier molecular flexibility index (Phi) is 10.2. The van der Waals surface area contributed by atoms with E-state index in [2.05, 4.69) is 4.74 Å². The molecule has 0 aromatic heterocycles. The zero-order valence-corrected chi connectivity index (χ0v) is 13.2. The zero-order chi connectivity index (χ0) is 16.9. The molecule has 1 rings (SSSR count). The maximum absolute atomic E-state index is 12.0. The van der Waals surface area contributed by atoms with Crippen molar-refractivity contribution in [1.82, 2.24) is 0 Å². The number of alkyl halides is 4. The molecule has 1 aromatic carbocycles. The SMILES string of the molecule is FC(F)CCCCCCCCCOc1ccc(OC(F)F)cc1. The Labute approximate surface area is 134 Å². The van der Waals surface area contributed by atoms with Crippen LogP contribution in [0.25, 0.3) is 0 Å². The minimum Gasteiger partial charge on any atom is -0.494 e. The summed E-state index contributed by atoms with van der Waals surface area (Å²) in [6.45, 7) is -2.25. The molecule has 0 fully saturated rings. The summed E-state index contributed by atoms with van der Waals surface area (Å²) in [5.74, 6) is 0.734. The van der Waals surface area contributed by atoms with Crippen LogP contribution in [-0.4, -0.2) is 19.6 Å². The van der Waals surface area contributed by atoms with Gasteiger partial charge in [-0.15, -0.1) is 0 Å². The fourth-order valence-corrected chi connectivity index (χ4v) is 2.19. The van der Waals surface area contributed by atoms with Gasteiger partial charge in [-0.05, 0) is 37.1 Å². The highest BCUT2D eigenvalue weighted by Gasteiger charge is 2.04. The predicted octanol–water partition coefficient (Wildman–Crippen LogP) is 6.05. The van der Waals surface area contributed by atoms with Crippen LogP contribution in [-0.2, 0) is 0 Å². The molecule has 0 aliphatic carbocycles. The van der Waals surface area contributed by atoms with Gasteiger partial charge < -0.3 is 9.47 Å². The summed E-state index contributed by atoms with van der Waals surface area (Å²) in [6, 6.07) is 6.09. The first-order chi connectivity index (χ1) is 11.1. The van der Waals surface area contributed by atoms with Gasteiger partial charge in [0, 0.05) is 6.42 Å². The average molecular weight is 336 g/mol. The Morgan fingerprint density at radius 3 is 1.78 bits per heavy atom. The predicted molar refractivity (Wildman–Crippen MR) is 81.5 cm³/mol. The quantitative estimate of drug-likeness (QED) is 0.322. The van der Waals surface area contributed by atoms with Gasteiger partial charge in [-0.2, -0.15) is 8.78 Å². The molecule has 0 aliphatic heterocycles. The van der Waals surface area contributed by atoms with Gasteiger partial charge in [0.2, 0.25) is 6.43 Å². The number of benzene rings is 1. The number of unbranched alkanes of at least 4 members (excludes halogenated alkanes) is 6. The third-order valence-electron chi connectivity index (χ3n) is 3.38. The second-order valence-corrected chi connectivity index (χ2v) is 5.35. The summed E-state index contributed by atoms with van der Waals surface area (Å²) in [5, 5.41) is 0. The molecule has 0 radical (unpaired) electrons. The number of hydrogen-bond acceptors (Lipinski definition) is 2. The molecule has 1 aromatic rings. The van der Waals surface area contributed by atoms with Crippen LogP contribution >= 0.6 is 0 Å². The first-order valence-corrected chi connectivity index (χ1v) is 8.04. The van der Waals surface area contributed by atoms with Gasteiger partial charge in [0.15, 0.2) is 0 Å². The standard InChI is InChI=1S/C17H24F4O2/c18-16(19)8-6-4-2-1-3-5-7-13-22-14-9-11-15(12-10-14)23-17(20)21/h9-12,16-17H,1-8,13H2. The van der Waals surface area contributed by atoms with Crippen LogP contribution in [0.1, 0.15) is 51.4 Å². The molecular formula is C17H24F4O2. The second kappa shape index (κ2) is 12.0. The Bertz CT molecular complexity index is 396. The molecule has 2 nitrogen and oxygen atoms in total. The number of rotatable bonds is 13. The molecule has 0 bridgehead atoms. The highest BCUT2D eigenvalue weighted by molar-refractivity contribution is 5.31. The van der Waals surface area contributed by atoms with E-state index in [-0.39, 0.29) is 12.2 Å². The summed E-state index contributed by atoms with van der Waals surface area (Å²) in [4.78, 5) is 0. The first kappa shape index (κ1) is 19.6. The molecule has 0 amide bonds. The van der Waals surface area contributed by atoms with E-state index in [1.165, 1.54) is 12.1 Å². The van der Waals surface area contributed by atoms with Crippen LogP contribution in [0.4, 0.5) is 17.6 Å². The summed E-state index contributed by atoms with van der Waals surface area (Å²) in [6.07, 6.45) is 4.37. The Hall–Kier alpha value is -1.46. The molecule has 23 heavy (non-hydrogen) atoms. The molecular weight excluding hydrogens is 312 g/mol. The Balaban J connectivity index is 1.96. The molecule has 6 heteroatoms. The van der Waals surface area contributed by atoms with E-state index in [0.717, 1.165) is 38.5 Å². The second-order valence-electron chi connectivity index (χ2n) is 5.35. The zero-order valence-electron chi connectivity index (χ0n) is 13.2. The van der Waals surface area contributed by atoms with Crippen molar-refractivity contribution >= 4 is 0 Å². The topological polar surface area (TPSA) is 18.5 Å². The molecule has 0 saturated carbocycles. The summed E-state index contributed by atoms with van der Waals surface area (Å²) < 4.78 is 57.6. The first-order valence-electron chi connectivity index (χ1n) is 8.04. The van der Waals surface area contributed by atoms with Crippen LogP contribution < -0.4 is 9.47 Å². The molecule has 0 spiro atoms. The van der Waals surface area contributed by atoms with Gasteiger partial charge in [-0.1, -0.05) is 32.1 Å².